The number of fused-ring (bicyclic) bond motifs is 1. The van der Waals surface area contributed by atoms with Gasteiger partial charge in [0.25, 0.3) is 5.08 Å². The summed E-state index contributed by atoms with van der Waals surface area (Å²) in [5.41, 5.74) is 5.98. The highest BCUT2D eigenvalue weighted by molar-refractivity contribution is 7.72. The molecule has 13 heteroatoms. The first-order valence-corrected chi connectivity index (χ1v) is 11.5. The van der Waals surface area contributed by atoms with Gasteiger partial charge >= 0.3 is 21.2 Å². The molecule has 11 nitrogen and oxygen atoms in total. The molecular weight excluding hydrogens is 428 g/mol. The average molecular weight is 449 g/mol. The molecule has 0 aliphatic rings. The van der Waals surface area contributed by atoms with Gasteiger partial charge in [0.2, 0.25) is 0 Å². The summed E-state index contributed by atoms with van der Waals surface area (Å²) in [5, 5.41) is 16.6. The van der Waals surface area contributed by atoms with E-state index in [4.69, 9.17) is 10.5 Å². The number of aromatic carboxylic acids is 1. The molecule has 0 heterocycles. The summed E-state index contributed by atoms with van der Waals surface area (Å²) in [6, 6.07) is 5.80. The largest absolute Gasteiger partial charge is 0.491 e. The number of aliphatic hydroxyl groups is 1. The molecule has 2 rings (SSSR count). The number of hydrogen-bond acceptors (Lipinski definition) is 6. The SMILES string of the molecule is CCOc1c(N)cc2c(CCC(O)(P(=O)(O)O)P(=O)(O)O)cccc2c1C(=O)O. The van der Waals surface area contributed by atoms with Crippen LogP contribution in [0.4, 0.5) is 5.69 Å². The Kier molecular flexibility index (Phi) is 6.46. The molecule has 0 aliphatic carbocycles. The van der Waals surface area contributed by atoms with Crippen molar-refractivity contribution in [3.63, 3.8) is 0 Å². The van der Waals surface area contributed by atoms with Gasteiger partial charge in [-0.3, -0.25) is 9.13 Å². The first-order valence-electron chi connectivity index (χ1n) is 8.28. The van der Waals surface area contributed by atoms with Gasteiger partial charge < -0.3 is 40.3 Å². The quantitative estimate of drug-likeness (QED) is 0.227. The second kappa shape index (κ2) is 8.04. The number of carboxylic acid groups (broad SMARTS) is 1. The van der Waals surface area contributed by atoms with Crippen LogP contribution in [0.15, 0.2) is 24.3 Å². The molecule has 0 unspecified atom stereocenters. The van der Waals surface area contributed by atoms with E-state index < -0.39 is 32.7 Å². The van der Waals surface area contributed by atoms with Gasteiger partial charge in [0.05, 0.1) is 12.3 Å². The van der Waals surface area contributed by atoms with Crippen LogP contribution in [-0.2, 0) is 15.6 Å². The smallest absolute Gasteiger partial charge is 0.369 e. The predicted octanol–water partition coefficient (Wildman–Crippen LogP) is 1.45. The summed E-state index contributed by atoms with van der Waals surface area (Å²) >= 11 is 0. The Hall–Kier alpha value is -1.97. The number of ether oxygens (including phenoxy) is 1. The Bertz CT molecular complexity index is 1020. The molecular formula is C16H21NO10P2. The van der Waals surface area contributed by atoms with Crippen molar-refractivity contribution in [3.05, 3.63) is 35.4 Å². The normalized spacial score (nSPS) is 12.9. The Morgan fingerprint density at radius 2 is 1.72 bits per heavy atom. The van der Waals surface area contributed by atoms with Crippen molar-refractivity contribution >= 4 is 37.6 Å². The topological polar surface area (TPSA) is 208 Å². The summed E-state index contributed by atoms with van der Waals surface area (Å²) in [7, 11) is -11.2. The minimum absolute atomic E-state index is 0.00411. The second-order valence-electron chi connectivity index (χ2n) is 6.28. The van der Waals surface area contributed by atoms with Crippen LogP contribution >= 0.6 is 15.2 Å². The number of benzene rings is 2. The number of carbonyl (C=O) groups is 1. The molecule has 29 heavy (non-hydrogen) atoms. The van der Waals surface area contributed by atoms with Gasteiger partial charge in [-0.25, -0.2) is 4.79 Å². The summed E-state index contributed by atoms with van der Waals surface area (Å²) in [6.45, 7) is 1.81. The zero-order chi connectivity index (χ0) is 22.2. The molecule has 0 aliphatic heterocycles. The number of hydrogen-bond donors (Lipinski definition) is 7. The zero-order valence-electron chi connectivity index (χ0n) is 15.2. The van der Waals surface area contributed by atoms with Crippen LogP contribution in [-0.4, -0.2) is 47.4 Å². The van der Waals surface area contributed by atoms with E-state index in [0.717, 1.165) is 0 Å². The van der Waals surface area contributed by atoms with Crippen molar-refractivity contribution in [2.45, 2.75) is 24.8 Å². The fourth-order valence-corrected chi connectivity index (χ4v) is 5.15. The molecule has 0 atom stereocenters. The molecule has 0 fully saturated rings. The van der Waals surface area contributed by atoms with E-state index in [1.54, 1.807) is 6.92 Å². The number of aryl methyl sites for hydroxylation is 1. The van der Waals surface area contributed by atoms with Crippen molar-refractivity contribution < 1.29 is 48.4 Å². The van der Waals surface area contributed by atoms with Gasteiger partial charge in [0, 0.05) is 11.8 Å². The molecule has 0 radical (unpaired) electrons. The third kappa shape index (κ3) is 4.31. The van der Waals surface area contributed by atoms with E-state index in [-0.39, 0.29) is 46.4 Å². The number of nitrogens with two attached hydrogens (primary N) is 1. The molecule has 0 saturated carbocycles. The van der Waals surface area contributed by atoms with Crippen LogP contribution in [0.2, 0.25) is 0 Å². The minimum Gasteiger partial charge on any atom is -0.491 e. The summed E-state index contributed by atoms with van der Waals surface area (Å²) in [5.74, 6) is -1.35. The van der Waals surface area contributed by atoms with Gasteiger partial charge in [-0.2, -0.15) is 0 Å². The summed E-state index contributed by atoms with van der Waals surface area (Å²) in [6.07, 6.45) is -1.35. The van der Waals surface area contributed by atoms with Crippen LogP contribution in [0.3, 0.4) is 0 Å². The van der Waals surface area contributed by atoms with Gasteiger partial charge in [0.15, 0.2) is 5.75 Å². The van der Waals surface area contributed by atoms with Crippen LogP contribution < -0.4 is 10.5 Å². The van der Waals surface area contributed by atoms with Gasteiger partial charge in [-0.1, -0.05) is 18.2 Å². The molecule has 0 bridgehead atoms. The van der Waals surface area contributed by atoms with Crippen molar-refractivity contribution in [3.8, 4) is 5.75 Å². The van der Waals surface area contributed by atoms with Crippen LogP contribution in [0.5, 0.6) is 5.75 Å². The van der Waals surface area contributed by atoms with E-state index in [9.17, 15) is 43.7 Å². The van der Waals surface area contributed by atoms with E-state index in [2.05, 4.69) is 0 Å². The van der Waals surface area contributed by atoms with E-state index in [1.807, 2.05) is 0 Å². The lowest BCUT2D eigenvalue weighted by Crippen LogP contribution is -2.29. The molecule has 8 N–H and O–H groups in total. The van der Waals surface area contributed by atoms with Gasteiger partial charge in [-0.15, -0.1) is 0 Å². The third-order valence-corrected chi connectivity index (χ3v) is 8.30. The summed E-state index contributed by atoms with van der Waals surface area (Å²) in [4.78, 5) is 48.9. The van der Waals surface area contributed by atoms with E-state index in [0.29, 0.717) is 0 Å². The lowest BCUT2D eigenvalue weighted by atomic mass is 9.96. The number of anilines is 1. The Morgan fingerprint density at radius 1 is 1.14 bits per heavy atom. The molecule has 0 saturated heterocycles. The number of carboxylic acids is 1. The second-order valence-corrected chi connectivity index (χ2v) is 10.3. The van der Waals surface area contributed by atoms with Gasteiger partial charge in [0.1, 0.15) is 5.56 Å². The molecule has 2 aromatic rings. The standard InChI is InChI=1S/C16H21NO10P2/c1-2-27-14-12(17)8-11-9(4-3-5-10(11)13(14)15(18)19)6-7-16(20,28(21,22)23)29(24,25)26/h3-5,8,20H,2,6-7,17H2,1H3,(H,18,19)(H2,21,22,23)(H2,24,25,26). The first-order chi connectivity index (χ1) is 13.2. The van der Waals surface area contributed by atoms with Crippen LogP contribution in [0.25, 0.3) is 10.8 Å². The highest BCUT2D eigenvalue weighted by Crippen LogP contribution is 2.69. The fraction of sp³-hybridized carbons (Fsp3) is 0.312. The van der Waals surface area contributed by atoms with Crippen molar-refractivity contribution in [1.29, 1.82) is 0 Å². The lowest BCUT2D eigenvalue weighted by molar-refractivity contribution is 0.0695. The Morgan fingerprint density at radius 3 is 2.21 bits per heavy atom. The van der Waals surface area contributed by atoms with E-state index in [1.165, 1.54) is 24.3 Å². The molecule has 160 valence electrons. The maximum atomic E-state index is 11.8. The highest BCUT2D eigenvalue weighted by atomic mass is 31.2. The molecule has 2 aromatic carbocycles. The summed E-state index contributed by atoms with van der Waals surface area (Å²) < 4.78 is 28.4. The first kappa shape index (κ1) is 23.3. The Balaban J connectivity index is 2.63. The van der Waals surface area contributed by atoms with Crippen molar-refractivity contribution in [2.24, 2.45) is 0 Å². The van der Waals surface area contributed by atoms with Crippen LogP contribution in [0, 0.1) is 0 Å². The Labute approximate surface area is 165 Å². The maximum absolute atomic E-state index is 11.8. The van der Waals surface area contributed by atoms with Crippen molar-refractivity contribution in [1.82, 2.24) is 0 Å². The number of rotatable bonds is 8. The monoisotopic (exact) mass is 449 g/mol. The van der Waals surface area contributed by atoms with Crippen molar-refractivity contribution in [2.75, 3.05) is 12.3 Å². The maximum Gasteiger partial charge on any atom is 0.369 e. The molecule has 0 spiro atoms. The number of nitrogen functional groups attached to an aromatic ring is 1. The third-order valence-electron chi connectivity index (χ3n) is 4.42. The van der Waals surface area contributed by atoms with Crippen LogP contribution in [0.1, 0.15) is 29.3 Å². The molecule has 0 aromatic heterocycles. The van der Waals surface area contributed by atoms with E-state index >= 15 is 0 Å². The highest BCUT2D eigenvalue weighted by Gasteiger charge is 2.58. The minimum atomic E-state index is -5.60. The fourth-order valence-electron chi connectivity index (χ4n) is 2.98. The average Bonchev–Trinajstić information content (AvgIpc) is 2.58. The molecule has 0 amide bonds. The zero-order valence-corrected chi connectivity index (χ0v) is 17.0. The van der Waals surface area contributed by atoms with Gasteiger partial charge in [-0.05, 0) is 30.4 Å². The lowest BCUT2D eigenvalue weighted by Gasteiger charge is -2.29. The predicted molar refractivity (Wildman–Crippen MR) is 104 cm³/mol.